The third-order valence-electron chi connectivity index (χ3n) is 2.94. The van der Waals surface area contributed by atoms with Crippen LogP contribution in [0.3, 0.4) is 0 Å². The quantitative estimate of drug-likeness (QED) is 0.229. The van der Waals surface area contributed by atoms with E-state index in [0.29, 0.717) is 0 Å². The second-order valence-corrected chi connectivity index (χ2v) is 6.12. The highest BCUT2D eigenvalue weighted by atomic mass is 16.4. The zero-order valence-electron chi connectivity index (χ0n) is 25.9. The molecule has 0 aliphatic heterocycles. The van der Waals surface area contributed by atoms with E-state index in [1.807, 2.05) is 0 Å². The van der Waals surface area contributed by atoms with Crippen LogP contribution in [-0.4, -0.2) is 62.4 Å². The number of hydrogen-bond acceptors (Lipinski definition) is 7. The van der Waals surface area contributed by atoms with E-state index in [4.69, 9.17) is 38.7 Å². The van der Waals surface area contributed by atoms with Crippen LogP contribution in [0.2, 0.25) is 5.65 Å². The highest BCUT2D eigenvalue weighted by Crippen LogP contribution is 2.02. The number of carbonyl (C=O) groups is 4. The first-order valence-corrected chi connectivity index (χ1v) is 8.73. The Morgan fingerprint density at radius 3 is 1.81 bits per heavy atom. The van der Waals surface area contributed by atoms with Crippen molar-refractivity contribution in [1.29, 1.82) is 0 Å². The van der Waals surface area contributed by atoms with Gasteiger partial charge in [0.25, 0.3) is 0 Å². The lowest BCUT2D eigenvalue weighted by atomic mass is 10.1. The van der Waals surface area contributed by atoms with Crippen molar-refractivity contribution >= 4 is 23.9 Å². The second-order valence-electron chi connectivity index (χ2n) is 6.12. The first kappa shape index (κ1) is 16.6. The third-order valence-corrected chi connectivity index (χ3v) is 2.94. The Labute approximate surface area is 193 Å². The molecular formula is C20H33N3O8. The summed E-state index contributed by atoms with van der Waals surface area (Å²) in [6.07, 6.45) is -4.25. The van der Waals surface area contributed by atoms with Gasteiger partial charge in [-0.05, 0) is 30.7 Å². The van der Waals surface area contributed by atoms with E-state index in [9.17, 15) is 19.2 Å². The minimum Gasteiger partial charge on any atom is -0.481 e. The van der Waals surface area contributed by atoms with Gasteiger partial charge in [0.15, 0.2) is 0 Å². The van der Waals surface area contributed by atoms with Gasteiger partial charge in [-0.15, -0.1) is 0 Å². The smallest absolute Gasteiger partial charge is 0.320 e. The van der Waals surface area contributed by atoms with Crippen molar-refractivity contribution in [3.63, 3.8) is 0 Å². The van der Waals surface area contributed by atoms with Crippen molar-refractivity contribution in [3.05, 3.63) is 35.9 Å². The lowest BCUT2D eigenvalue weighted by Gasteiger charge is -2.07. The first-order chi connectivity index (χ1) is 18.0. The topological polar surface area (TPSA) is 227 Å². The monoisotopic (exact) mass is 452 g/mol. The maximum absolute atomic E-state index is 11.0. The summed E-state index contributed by atoms with van der Waals surface area (Å²) >= 11 is 0. The van der Waals surface area contributed by atoms with Crippen molar-refractivity contribution in [1.82, 2.24) is 0 Å². The third kappa shape index (κ3) is 18.7. The molecule has 31 heavy (non-hydrogen) atoms. The van der Waals surface area contributed by atoms with Gasteiger partial charge in [-0.1, -0.05) is 44.2 Å². The summed E-state index contributed by atoms with van der Waals surface area (Å²) in [4.78, 5) is 41.5. The van der Waals surface area contributed by atoms with Crippen LogP contribution in [-0.2, 0) is 25.6 Å². The molecule has 11 heteroatoms. The van der Waals surface area contributed by atoms with E-state index in [0.717, 1.165) is 0 Å². The molecule has 11 nitrogen and oxygen atoms in total. The average Bonchev–Trinajstić information content (AvgIpc) is 2.86. The number of nitrogens with two attached hydrogens (primary N) is 3. The van der Waals surface area contributed by atoms with E-state index < -0.39 is 66.4 Å². The van der Waals surface area contributed by atoms with E-state index in [1.165, 1.54) is 24.3 Å². The zero-order chi connectivity index (χ0) is 32.2. The predicted octanol–water partition coefficient (Wildman–Crippen LogP) is 0.349. The molecule has 176 valence electrons. The molecule has 1 rings (SSSR count). The molecule has 0 aromatic heterocycles. The number of benzene rings is 1. The maximum Gasteiger partial charge on any atom is 0.320 e. The summed E-state index contributed by atoms with van der Waals surface area (Å²) in [6.45, 7) is 3.15. The Morgan fingerprint density at radius 2 is 1.48 bits per heavy atom. The van der Waals surface area contributed by atoms with E-state index >= 15 is 0 Å². The Hall–Kier alpha value is -3.02. The van der Waals surface area contributed by atoms with Crippen LogP contribution in [0, 0.1) is 5.92 Å². The van der Waals surface area contributed by atoms with Gasteiger partial charge in [0.05, 0.1) is 2.74 Å². The van der Waals surface area contributed by atoms with Crippen molar-refractivity contribution in [3.8, 4) is 0 Å². The standard InChI is InChI=1S/C9H11NO2.C6H13NO2.C5H9NO4/c10-8(9(11)12)6-7-4-2-1-3-5-7;1-4(2)3-5(7)6(8)9;6-3(5(9)10)1-2-4(7)8/h1-5,8H,6,10H2,(H,11,12);4-5H,3,7H2,1-2H3,(H,8,9);3H,1-2,6H2,(H,7,8)(H,9,10)/t8-;5-;3-/m000/s1/i6D2,8D;3D,5D;/hD4/tm;3?,5-;m. The zero-order valence-corrected chi connectivity index (χ0v) is 16.9. The van der Waals surface area contributed by atoms with Gasteiger partial charge in [-0.2, -0.15) is 0 Å². The number of aliphatic carboxylic acids is 4. The van der Waals surface area contributed by atoms with Crippen LogP contribution in [0.15, 0.2) is 30.3 Å². The van der Waals surface area contributed by atoms with Gasteiger partial charge in [-0.25, -0.2) is 0 Å². The number of hydrogen-bond donors (Lipinski definition) is 7. The fraction of sp³-hybridized carbons (Fsp3) is 0.500. The Balaban J connectivity index is 0. The normalized spacial score (nSPS) is 20.8. The summed E-state index contributed by atoms with van der Waals surface area (Å²) in [5.41, 5.74) is 4.25. The van der Waals surface area contributed by atoms with E-state index in [-0.39, 0.29) is 24.1 Å². The lowest BCUT2D eigenvalue weighted by molar-refractivity contribution is -0.141. The summed E-state index contributed by atoms with van der Waals surface area (Å²) in [5, 5.41) is 33.8. The molecule has 1 unspecified atom stereocenters. The van der Waals surface area contributed by atoms with Crippen LogP contribution >= 0.6 is 0 Å². The molecule has 10 N–H and O–H groups in total. The minimum absolute atomic E-state index is 0.0231. The largest absolute Gasteiger partial charge is 0.481 e. The maximum atomic E-state index is 11.0. The van der Waals surface area contributed by atoms with Gasteiger partial charge in [0, 0.05) is 10.5 Å². The molecular weight excluding hydrogens is 410 g/mol. The molecule has 4 atom stereocenters. The highest BCUT2D eigenvalue weighted by Gasteiger charge is 2.13. The minimum atomic E-state index is -3.03. The number of carboxylic acid groups (broad SMARTS) is 4. The molecule has 0 saturated carbocycles. The van der Waals surface area contributed by atoms with Crippen molar-refractivity contribution in [2.75, 3.05) is 0 Å². The first-order valence-electron chi connectivity index (χ1n) is 13.1. The molecule has 0 aliphatic carbocycles. The van der Waals surface area contributed by atoms with Crippen molar-refractivity contribution in [2.45, 2.75) is 57.5 Å². The SMILES string of the molecule is N[C@@H](CCC(=O)O)C(=O)O.[2H]C(C(C)C)[C@@]([2H])(C(=O)O)N([2H])[2H].[2H]N([2H])[C@]([2H])(C(=O)O)C([2H])([2H])c1ccccc1. The summed E-state index contributed by atoms with van der Waals surface area (Å²) in [5.74, 6) is -6.13. The Kier molecular flexibility index (Phi) is 8.99. The van der Waals surface area contributed by atoms with Crippen LogP contribution in [0.25, 0.3) is 0 Å². The molecule has 0 saturated heterocycles. The molecule has 1 aromatic rings. The van der Waals surface area contributed by atoms with E-state index in [1.54, 1.807) is 19.9 Å². The van der Waals surface area contributed by atoms with Crippen LogP contribution < -0.4 is 17.2 Å². The van der Waals surface area contributed by atoms with Gasteiger partial charge < -0.3 is 37.6 Å². The lowest BCUT2D eigenvalue weighted by Crippen LogP contribution is -2.32. The van der Waals surface area contributed by atoms with Gasteiger partial charge in [0.1, 0.15) is 23.7 Å². The van der Waals surface area contributed by atoms with Crippen LogP contribution in [0.1, 0.15) is 45.5 Å². The Morgan fingerprint density at radius 1 is 0.968 bits per heavy atom. The van der Waals surface area contributed by atoms with Gasteiger partial charge >= 0.3 is 23.9 Å². The average molecular weight is 453 g/mol. The molecule has 0 radical (unpaired) electrons. The van der Waals surface area contributed by atoms with Crippen LogP contribution in [0.5, 0.6) is 0 Å². The fourth-order valence-electron chi connectivity index (χ4n) is 1.50. The number of carboxylic acids is 4. The van der Waals surface area contributed by atoms with Gasteiger partial charge in [0.2, 0.25) is 0 Å². The molecule has 0 bridgehead atoms. The fourth-order valence-corrected chi connectivity index (χ4v) is 1.50. The molecule has 1 aromatic carbocycles. The Bertz CT molecular complexity index is 991. The van der Waals surface area contributed by atoms with Gasteiger partial charge in [-0.3, -0.25) is 19.2 Å². The summed E-state index contributed by atoms with van der Waals surface area (Å²) < 4.78 is 65.2. The molecule has 0 spiro atoms. The predicted molar refractivity (Wildman–Crippen MR) is 113 cm³/mol. The number of rotatable bonds is 12. The molecule has 0 amide bonds. The molecule has 0 fully saturated rings. The summed E-state index contributed by atoms with van der Waals surface area (Å²) in [7, 11) is 0. The van der Waals surface area contributed by atoms with Crippen molar-refractivity contribution < 1.29 is 52.1 Å². The van der Waals surface area contributed by atoms with Crippen molar-refractivity contribution in [2.24, 2.45) is 23.1 Å². The molecule has 0 heterocycles. The van der Waals surface area contributed by atoms with E-state index in [2.05, 4.69) is 0 Å². The second kappa shape index (κ2) is 16.7. The highest BCUT2D eigenvalue weighted by molar-refractivity contribution is 5.75. The summed E-state index contributed by atoms with van der Waals surface area (Å²) in [6, 6.07) is 0.622. The molecule has 0 aliphatic rings. The van der Waals surface area contributed by atoms with Crippen LogP contribution in [0.4, 0.5) is 0 Å².